The Hall–Kier alpha value is -1.19. The van der Waals surface area contributed by atoms with E-state index in [1.54, 1.807) is 18.2 Å². The number of ether oxygens (including phenoxy) is 1. The highest BCUT2D eigenvalue weighted by Crippen LogP contribution is 2.14. The zero-order valence-electron chi connectivity index (χ0n) is 9.20. The second-order valence-corrected chi connectivity index (χ2v) is 4.63. The molecule has 0 spiro atoms. The van der Waals surface area contributed by atoms with Crippen molar-refractivity contribution >= 4 is 15.9 Å². The first-order valence-corrected chi connectivity index (χ1v) is 6.10. The molecule has 0 unspecified atom stereocenters. The SMILES string of the molecule is Fc1ccccc1COCc1cccc(Br)c1. The summed E-state index contributed by atoms with van der Waals surface area (Å²) in [5, 5.41) is 0. The first kappa shape index (κ1) is 12.3. The van der Waals surface area contributed by atoms with E-state index >= 15 is 0 Å². The number of rotatable bonds is 4. The van der Waals surface area contributed by atoms with Crippen molar-refractivity contribution in [3.05, 3.63) is 69.9 Å². The van der Waals surface area contributed by atoms with E-state index in [1.165, 1.54) is 6.07 Å². The van der Waals surface area contributed by atoms with Crippen LogP contribution in [0.25, 0.3) is 0 Å². The highest BCUT2D eigenvalue weighted by Gasteiger charge is 2.00. The molecule has 0 atom stereocenters. The van der Waals surface area contributed by atoms with E-state index in [4.69, 9.17) is 4.74 Å². The average Bonchev–Trinajstić information content (AvgIpc) is 2.32. The second kappa shape index (κ2) is 5.94. The minimum atomic E-state index is -0.221. The largest absolute Gasteiger partial charge is 0.372 e. The minimum absolute atomic E-state index is 0.221. The zero-order chi connectivity index (χ0) is 12.1. The monoisotopic (exact) mass is 294 g/mol. The molecule has 2 aromatic rings. The van der Waals surface area contributed by atoms with Crippen molar-refractivity contribution in [1.29, 1.82) is 0 Å². The summed E-state index contributed by atoms with van der Waals surface area (Å²) in [6.45, 7) is 0.771. The molecular formula is C14H12BrFO. The Labute approximate surface area is 108 Å². The fourth-order valence-electron chi connectivity index (χ4n) is 1.52. The third kappa shape index (κ3) is 3.65. The molecule has 88 valence electrons. The molecule has 17 heavy (non-hydrogen) atoms. The van der Waals surface area contributed by atoms with Gasteiger partial charge >= 0.3 is 0 Å². The van der Waals surface area contributed by atoms with Gasteiger partial charge in [0, 0.05) is 10.0 Å². The lowest BCUT2D eigenvalue weighted by Gasteiger charge is -2.05. The predicted octanol–water partition coefficient (Wildman–Crippen LogP) is 4.31. The number of hydrogen-bond acceptors (Lipinski definition) is 1. The van der Waals surface area contributed by atoms with E-state index < -0.39 is 0 Å². The van der Waals surface area contributed by atoms with Crippen LogP contribution in [0.2, 0.25) is 0 Å². The Balaban J connectivity index is 1.90. The third-order valence-corrected chi connectivity index (χ3v) is 2.87. The lowest BCUT2D eigenvalue weighted by molar-refractivity contribution is 0.105. The Morgan fingerprint density at radius 3 is 2.59 bits per heavy atom. The van der Waals surface area contributed by atoms with E-state index in [0.29, 0.717) is 18.8 Å². The van der Waals surface area contributed by atoms with E-state index in [9.17, 15) is 4.39 Å². The van der Waals surface area contributed by atoms with E-state index in [-0.39, 0.29) is 5.82 Å². The maximum absolute atomic E-state index is 13.3. The van der Waals surface area contributed by atoms with Gasteiger partial charge in [-0.25, -0.2) is 4.39 Å². The van der Waals surface area contributed by atoms with Crippen LogP contribution in [0.4, 0.5) is 4.39 Å². The van der Waals surface area contributed by atoms with Crippen LogP contribution < -0.4 is 0 Å². The van der Waals surface area contributed by atoms with Crippen molar-refractivity contribution in [3.8, 4) is 0 Å². The summed E-state index contributed by atoms with van der Waals surface area (Å²) in [6, 6.07) is 14.5. The van der Waals surface area contributed by atoms with Gasteiger partial charge in [-0.1, -0.05) is 46.3 Å². The second-order valence-electron chi connectivity index (χ2n) is 3.71. The Bertz CT molecular complexity index is 499. The molecular weight excluding hydrogens is 283 g/mol. The lowest BCUT2D eigenvalue weighted by Crippen LogP contribution is -1.96. The Morgan fingerprint density at radius 2 is 1.82 bits per heavy atom. The molecule has 0 aliphatic rings. The van der Waals surface area contributed by atoms with Crippen molar-refractivity contribution < 1.29 is 9.13 Å². The summed E-state index contributed by atoms with van der Waals surface area (Å²) in [6.07, 6.45) is 0. The molecule has 1 nitrogen and oxygen atoms in total. The van der Waals surface area contributed by atoms with Gasteiger partial charge in [-0.05, 0) is 23.8 Å². The van der Waals surface area contributed by atoms with Gasteiger partial charge in [-0.2, -0.15) is 0 Å². The summed E-state index contributed by atoms with van der Waals surface area (Å²) in [5.41, 5.74) is 1.65. The van der Waals surface area contributed by atoms with Gasteiger partial charge in [-0.3, -0.25) is 0 Å². The van der Waals surface area contributed by atoms with Crippen LogP contribution in [0, 0.1) is 5.82 Å². The summed E-state index contributed by atoms with van der Waals surface area (Å²) in [4.78, 5) is 0. The van der Waals surface area contributed by atoms with Gasteiger partial charge in [0.2, 0.25) is 0 Å². The molecule has 2 rings (SSSR count). The maximum atomic E-state index is 13.3. The third-order valence-electron chi connectivity index (χ3n) is 2.37. The fourth-order valence-corrected chi connectivity index (χ4v) is 1.97. The van der Waals surface area contributed by atoms with Crippen molar-refractivity contribution in [2.24, 2.45) is 0 Å². The van der Waals surface area contributed by atoms with E-state index in [2.05, 4.69) is 15.9 Å². The highest BCUT2D eigenvalue weighted by molar-refractivity contribution is 9.10. The first-order chi connectivity index (χ1) is 8.25. The average molecular weight is 295 g/mol. The summed E-state index contributed by atoms with van der Waals surface area (Å²) >= 11 is 3.40. The van der Waals surface area contributed by atoms with Crippen molar-refractivity contribution in [1.82, 2.24) is 0 Å². The standard InChI is InChI=1S/C14H12BrFO/c15-13-6-3-4-11(8-13)9-17-10-12-5-1-2-7-14(12)16/h1-8H,9-10H2. The molecule has 0 heterocycles. The number of benzene rings is 2. The molecule has 0 aliphatic carbocycles. The van der Waals surface area contributed by atoms with Crippen LogP contribution in [0.1, 0.15) is 11.1 Å². The van der Waals surface area contributed by atoms with Gasteiger partial charge in [0.05, 0.1) is 13.2 Å². The van der Waals surface area contributed by atoms with Crippen molar-refractivity contribution in [2.75, 3.05) is 0 Å². The minimum Gasteiger partial charge on any atom is -0.372 e. The molecule has 2 aromatic carbocycles. The molecule has 0 saturated heterocycles. The fraction of sp³-hybridized carbons (Fsp3) is 0.143. The smallest absolute Gasteiger partial charge is 0.128 e. The lowest BCUT2D eigenvalue weighted by atomic mass is 10.2. The van der Waals surface area contributed by atoms with Crippen LogP contribution in [0.3, 0.4) is 0 Å². The summed E-state index contributed by atoms with van der Waals surface area (Å²) in [7, 11) is 0. The Kier molecular flexibility index (Phi) is 4.29. The normalized spacial score (nSPS) is 10.5. The molecule has 3 heteroatoms. The van der Waals surface area contributed by atoms with Crippen LogP contribution in [-0.4, -0.2) is 0 Å². The molecule has 0 fully saturated rings. The van der Waals surface area contributed by atoms with Crippen molar-refractivity contribution in [3.63, 3.8) is 0 Å². The van der Waals surface area contributed by atoms with Crippen LogP contribution in [-0.2, 0) is 18.0 Å². The molecule has 0 bridgehead atoms. The molecule has 0 radical (unpaired) electrons. The van der Waals surface area contributed by atoms with E-state index in [1.807, 2.05) is 24.3 Å². The number of hydrogen-bond donors (Lipinski definition) is 0. The molecule has 0 amide bonds. The van der Waals surface area contributed by atoms with Gasteiger partial charge in [0.15, 0.2) is 0 Å². The van der Waals surface area contributed by atoms with Gasteiger partial charge in [-0.15, -0.1) is 0 Å². The first-order valence-electron chi connectivity index (χ1n) is 5.31. The van der Waals surface area contributed by atoms with E-state index in [0.717, 1.165) is 10.0 Å². The molecule has 0 saturated carbocycles. The van der Waals surface area contributed by atoms with Gasteiger partial charge in [0.25, 0.3) is 0 Å². The highest BCUT2D eigenvalue weighted by atomic mass is 79.9. The predicted molar refractivity (Wildman–Crippen MR) is 69.0 cm³/mol. The molecule has 0 aromatic heterocycles. The number of halogens is 2. The summed E-state index contributed by atoms with van der Waals surface area (Å²) < 4.78 is 19.8. The topological polar surface area (TPSA) is 9.23 Å². The maximum Gasteiger partial charge on any atom is 0.128 e. The summed E-state index contributed by atoms with van der Waals surface area (Å²) in [5.74, 6) is -0.221. The molecule has 0 N–H and O–H groups in total. The van der Waals surface area contributed by atoms with Gasteiger partial charge < -0.3 is 4.74 Å². The quantitative estimate of drug-likeness (QED) is 0.817. The van der Waals surface area contributed by atoms with Crippen LogP contribution in [0.15, 0.2) is 53.0 Å². The van der Waals surface area contributed by atoms with Crippen LogP contribution >= 0.6 is 15.9 Å². The van der Waals surface area contributed by atoms with Crippen molar-refractivity contribution in [2.45, 2.75) is 13.2 Å². The zero-order valence-corrected chi connectivity index (χ0v) is 10.8. The van der Waals surface area contributed by atoms with Gasteiger partial charge in [0.1, 0.15) is 5.82 Å². The van der Waals surface area contributed by atoms with Crippen LogP contribution in [0.5, 0.6) is 0 Å². The Morgan fingerprint density at radius 1 is 1.00 bits per heavy atom. The molecule has 0 aliphatic heterocycles.